The van der Waals surface area contributed by atoms with Crippen LogP contribution in [0.3, 0.4) is 0 Å². The number of hydrogen-bond acceptors (Lipinski definition) is 2. The number of nitrogens with zero attached hydrogens (tertiary/aromatic N) is 1. The second kappa shape index (κ2) is 5.35. The van der Waals surface area contributed by atoms with E-state index in [4.69, 9.17) is 4.74 Å². The maximum Gasteiger partial charge on any atom is 0.119 e. The lowest BCUT2D eigenvalue weighted by atomic mass is 10.1. The lowest BCUT2D eigenvalue weighted by Crippen LogP contribution is -2.33. The molecule has 1 aliphatic rings. The number of rotatable bonds is 4. The number of ether oxygens (including phenoxy) is 1. The van der Waals surface area contributed by atoms with Gasteiger partial charge in [0.05, 0.1) is 6.54 Å². The van der Waals surface area contributed by atoms with E-state index in [1.54, 1.807) is 0 Å². The zero-order valence-corrected chi connectivity index (χ0v) is 11.3. The monoisotopic (exact) mass is 253 g/mol. The van der Waals surface area contributed by atoms with Gasteiger partial charge in [-0.25, -0.2) is 0 Å². The summed E-state index contributed by atoms with van der Waals surface area (Å²) in [4.78, 5) is 2.44. The summed E-state index contributed by atoms with van der Waals surface area (Å²) in [7, 11) is 0. The largest absolute Gasteiger partial charge is 0.492 e. The van der Waals surface area contributed by atoms with E-state index in [0.29, 0.717) is 6.04 Å². The van der Waals surface area contributed by atoms with E-state index in [-0.39, 0.29) is 0 Å². The van der Waals surface area contributed by atoms with Gasteiger partial charge in [0.1, 0.15) is 12.4 Å². The molecule has 98 valence electrons. The minimum absolute atomic E-state index is 0.566. The molecule has 0 N–H and O–H groups in total. The summed E-state index contributed by atoms with van der Waals surface area (Å²) in [5.41, 5.74) is 2.82. The molecule has 1 atom stereocenters. The Kier molecular flexibility index (Phi) is 3.41. The smallest absolute Gasteiger partial charge is 0.119 e. The highest BCUT2D eigenvalue weighted by Gasteiger charge is 2.24. The SMILES string of the molecule is CC1Cc2ccccc2N1CCOc1ccccc1. The topological polar surface area (TPSA) is 12.5 Å². The molecule has 0 radical (unpaired) electrons. The third kappa shape index (κ3) is 2.58. The first kappa shape index (κ1) is 12.1. The number of para-hydroxylation sites is 2. The molecule has 2 nitrogen and oxygen atoms in total. The summed E-state index contributed by atoms with van der Waals surface area (Å²) in [6.45, 7) is 3.94. The predicted octanol–water partition coefficient (Wildman–Crippen LogP) is 3.52. The molecule has 0 saturated carbocycles. The van der Waals surface area contributed by atoms with Crippen molar-refractivity contribution in [3.8, 4) is 5.75 Å². The average Bonchev–Trinajstić information content (AvgIpc) is 2.76. The Morgan fingerprint density at radius 1 is 1.05 bits per heavy atom. The van der Waals surface area contributed by atoms with E-state index < -0.39 is 0 Å². The van der Waals surface area contributed by atoms with Crippen LogP contribution in [0.15, 0.2) is 54.6 Å². The van der Waals surface area contributed by atoms with Crippen LogP contribution in [0.1, 0.15) is 12.5 Å². The van der Waals surface area contributed by atoms with Crippen molar-refractivity contribution in [3.05, 3.63) is 60.2 Å². The third-order valence-electron chi connectivity index (χ3n) is 3.69. The maximum absolute atomic E-state index is 5.79. The lowest BCUT2D eigenvalue weighted by molar-refractivity contribution is 0.321. The van der Waals surface area contributed by atoms with E-state index in [1.165, 1.54) is 11.3 Å². The standard InChI is InChI=1S/C17H19NO/c1-14-13-15-7-5-6-10-17(15)18(14)11-12-19-16-8-3-2-4-9-16/h2-10,14H,11-13H2,1H3. The molecule has 0 aliphatic carbocycles. The van der Waals surface area contributed by atoms with E-state index in [0.717, 1.165) is 25.3 Å². The highest BCUT2D eigenvalue weighted by molar-refractivity contribution is 5.59. The van der Waals surface area contributed by atoms with Crippen LogP contribution in [0.5, 0.6) is 5.75 Å². The second-order valence-electron chi connectivity index (χ2n) is 5.04. The highest BCUT2D eigenvalue weighted by atomic mass is 16.5. The zero-order chi connectivity index (χ0) is 13.1. The van der Waals surface area contributed by atoms with Crippen molar-refractivity contribution in [1.82, 2.24) is 0 Å². The van der Waals surface area contributed by atoms with Crippen LogP contribution in [0.25, 0.3) is 0 Å². The molecular weight excluding hydrogens is 234 g/mol. The van der Waals surface area contributed by atoms with Crippen LogP contribution < -0.4 is 9.64 Å². The molecule has 1 unspecified atom stereocenters. The summed E-state index contributed by atoms with van der Waals surface area (Å²) < 4.78 is 5.79. The molecule has 0 fully saturated rings. The van der Waals surface area contributed by atoms with Crippen molar-refractivity contribution in [2.45, 2.75) is 19.4 Å². The predicted molar refractivity (Wildman–Crippen MR) is 78.9 cm³/mol. The fraction of sp³-hybridized carbons (Fsp3) is 0.294. The first-order valence-corrected chi connectivity index (χ1v) is 6.87. The van der Waals surface area contributed by atoms with Gasteiger partial charge in [0.2, 0.25) is 0 Å². The van der Waals surface area contributed by atoms with Crippen molar-refractivity contribution in [1.29, 1.82) is 0 Å². The van der Waals surface area contributed by atoms with Crippen LogP contribution in [0.2, 0.25) is 0 Å². The minimum atomic E-state index is 0.566. The number of benzene rings is 2. The molecule has 0 aromatic heterocycles. The highest BCUT2D eigenvalue weighted by Crippen LogP contribution is 2.31. The molecule has 0 amide bonds. The molecule has 0 bridgehead atoms. The van der Waals surface area contributed by atoms with Gasteiger partial charge < -0.3 is 9.64 Å². The van der Waals surface area contributed by atoms with Crippen molar-refractivity contribution in [3.63, 3.8) is 0 Å². The van der Waals surface area contributed by atoms with E-state index in [2.05, 4.69) is 36.1 Å². The van der Waals surface area contributed by atoms with Gasteiger partial charge in [0.25, 0.3) is 0 Å². The molecule has 0 spiro atoms. The van der Waals surface area contributed by atoms with Gasteiger partial charge in [-0.1, -0.05) is 36.4 Å². The Labute approximate surface area is 114 Å². The summed E-state index contributed by atoms with van der Waals surface area (Å²) in [5.74, 6) is 0.947. The van der Waals surface area contributed by atoms with Gasteiger partial charge in [-0.15, -0.1) is 0 Å². The molecule has 1 heterocycles. The summed E-state index contributed by atoms with van der Waals surface area (Å²) >= 11 is 0. The number of hydrogen-bond donors (Lipinski definition) is 0. The van der Waals surface area contributed by atoms with Crippen LogP contribution in [0, 0.1) is 0 Å². The Hall–Kier alpha value is -1.96. The Morgan fingerprint density at radius 3 is 2.63 bits per heavy atom. The molecule has 2 aromatic rings. The normalized spacial score (nSPS) is 17.3. The Morgan fingerprint density at radius 2 is 1.79 bits per heavy atom. The van der Waals surface area contributed by atoms with Crippen molar-refractivity contribution in [2.75, 3.05) is 18.1 Å². The summed E-state index contributed by atoms with van der Waals surface area (Å²) in [6, 6.07) is 19.3. The molecule has 0 saturated heterocycles. The van der Waals surface area contributed by atoms with Gasteiger partial charge in [-0.05, 0) is 37.1 Å². The fourth-order valence-corrected chi connectivity index (χ4v) is 2.75. The van der Waals surface area contributed by atoms with Gasteiger partial charge in [0.15, 0.2) is 0 Å². The van der Waals surface area contributed by atoms with Gasteiger partial charge in [-0.3, -0.25) is 0 Å². The van der Waals surface area contributed by atoms with Crippen molar-refractivity contribution >= 4 is 5.69 Å². The fourth-order valence-electron chi connectivity index (χ4n) is 2.75. The maximum atomic E-state index is 5.79. The number of anilines is 1. The van der Waals surface area contributed by atoms with Crippen molar-refractivity contribution < 1.29 is 4.74 Å². The quantitative estimate of drug-likeness (QED) is 0.826. The van der Waals surface area contributed by atoms with Gasteiger partial charge in [-0.2, -0.15) is 0 Å². The van der Waals surface area contributed by atoms with Crippen LogP contribution >= 0.6 is 0 Å². The molecule has 1 aliphatic heterocycles. The molecule has 3 rings (SSSR count). The van der Waals surface area contributed by atoms with E-state index >= 15 is 0 Å². The third-order valence-corrected chi connectivity index (χ3v) is 3.69. The van der Waals surface area contributed by atoms with Crippen LogP contribution in [-0.2, 0) is 6.42 Å². The second-order valence-corrected chi connectivity index (χ2v) is 5.04. The van der Waals surface area contributed by atoms with Crippen molar-refractivity contribution in [2.24, 2.45) is 0 Å². The minimum Gasteiger partial charge on any atom is -0.492 e. The molecule has 2 aromatic carbocycles. The van der Waals surface area contributed by atoms with Gasteiger partial charge in [0, 0.05) is 11.7 Å². The average molecular weight is 253 g/mol. The number of fused-ring (bicyclic) bond motifs is 1. The van der Waals surface area contributed by atoms with Crippen LogP contribution in [-0.4, -0.2) is 19.2 Å². The first-order valence-electron chi connectivity index (χ1n) is 6.87. The van der Waals surface area contributed by atoms with E-state index in [9.17, 15) is 0 Å². The molecular formula is C17H19NO. The summed E-state index contributed by atoms with van der Waals surface area (Å²) in [5, 5.41) is 0. The van der Waals surface area contributed by atoms with E-state index in [1.807, 2.05) is 30.3 Å². The first-order chi connectivity index (χ1) is 9.34. The zero-order valence-electron chi connectivity index (χ0n) is 11.3. The Balaban J connectivity index is 1.61. The molecule has 2 heteroatoms. The summed E-state index contributed by atoms with van der Waals surface area (Å²) in [6.07, 6.45) is 1.14. The Bertz CT molecular complexity index is 538. The lowest BCUT2D eigenvalue weighted by Gasteiger charge is -2.24. The van der Waals surface area contributed by atoms with Crippen LogP contribution in [0.4, 0.5) is 5.69 Å². The molecule has 19 heavy (non-hydrogen) atoms. The van der Waals surface area contributed by atoms with Gasteiger partial charge >= 0.3 is 0 Å².